The topological polar surface area (TPSA) is 149 Å². The van der Waals surface area contributed by atoms with Crippen LogP contribution in [-0.4, -0.2) is 87.5 Å². The van der Waals surface area contributed by atoms with E-state index in [0.29, 0.717) is 12.8 Å². The molecule has 0 aliphatic carbocycles. The van der Waals surface area contributed by atoms with E-state index in [0.717, 1.165) is 57.8 Å². The Labute approximate surface area is 340 Å². The average molecular weight is 788 g/mol. The Morgan fingerprint density at radius 3 is 1.54 bits per heavy atom. The monoisotopic (exact) mass is 788 g/mol. The van der Waals surface area contributed by atoms with Gasteiger partial charge in [-0.1, -0.05) is 177 Å². The summed E-state index contributed by atoms with van der Waals surface area (Å²) in [5.41, 5.74) is 0. The van der Waals surface area contributed by atoms with Gasteiger partial charge in [0.1, 0.15) is 24.4 Å². The molecule has 1 amide bonds. The zero-order valence-corrected chi connectivity index (χ0v) is 35.1. The van der Waals surface area contributed by atoms with Gasteiger partial charge in [-0.3, -0.25) is 4.79 Å². The van der Waals surface area contributed by atoms with Crippen molar-refractivity contribution < 1.29 is 39.8 Å². The maximum Gasteiger partial charge on any atom is 0.220 e. The number of unbranched alkanes of at least 4 members (excludes halogenated alkanes) is 13. The predicted molar refractivity (Wildman–Crippen MR) is 230 cm³/mol. The van der Waals surface area contributed by atoms with Crippen LogP contribution in [0.1, 0.15) is 162 Å². The molecule has 1 rings (SSSR count). The van der Waals surface area contributed by atoms with Crippen LogP contribution in [0.2, 0.25) is 0 Å². The Kier molecular flexibility index (Phi) is 34.1. The second-order valence-electron chi connectivity index (χ2n) is 15.1. The number of hydrogen-bond donors (Lipinski definition) is 6. The Hall–Kier alpha value is -2.37. The van der Waals surface area contributed by atoms with Crippen molar-refractivity contribution in [2.45, 2.75) is 204 Å². The van der Waals surface area contributed by atoms with Gasteiger partial charge in [0.2, 0.25) is 5.91 Å². The zero-order chi connectivity index (χ0) is 40.9. The van der Waals surface area contributed by atoms with Gasteiger partial charge in [-0.05, 0) is 51.4 Å². The fourth-order valence-electron chi connectivity index (χ4n) is 6.53. The summed E-state index contributed by atoms with van der Waals surface area (Å²) in [5.74, 6) is -0.230. The molecule has 0 radical (unpaired) electrons. The average Bonchev–Trinajstić information content (AvgIpc) is 3.20. The van der Waals surface area contributed by atoms with E-state index >= 15 is 0 Å². The lowest BCUT2D eigenvalue weighted by Gasteiger charge is -2.40. The van der Waals surface area contributed by atoms with Crippen LogP contribution in [-0.2, 0) is 14.3 Å². The minimum absolute atomic E-state index is 0.173. The summed E-state index contributed by atoms with van der Waals surface area (Å²) in [4.78, 5) is 12.9. The lowest BCUT2D eigenvalue weighted by Crippen LogP contribution is -2.60. The molecule has 1 aliphatic rings. The molecule has 0 aromatic heterocycles. The van der Waals surface area contributed by atoms with E-state index in [-0.39, 0.29) is 18.9 Å². The summed E-state index contributed by atoms with van der Waals surface area (Å²) in [5, 5.41) is 54.2. The lowest BCUT2D eigenvalue weighted by molar-refractivity contribution is -0.302. The largest absolute Gasteiger partial charge is 0.394 e. The van der Waals surface area contributed by atoms with Crippen molar-refractivity contribution >= 4 is 5.91 Å². The van der Waals surface area contributed by atoms with Gasteiger partial charge in [-0.25, -0.2) is 0 Å². The third kappa shape index (κ3) is 27.3. The maximum absolute atomic E-state index is 12.9. The Bertz CT molecular complexity index is 1100. The molecule has 0 saturated carbocycles. The number of carbonyl (C=O) groups is 1. The molecule has 7 unspecified atom stereocenters. The van der Waals surface area contributed by atoms with Crippen LogP contribution in [0, 0.1) is 0 Å². The van der Waals surface area contributed by atoms with E-state index in [4.69, 9.17) is 9.47 Å². The van der Waals surface area contributed by atoms with Crippen molar-refractivity contribution in [1.29, 1.82) is 0 Å². The molecule has 9 heteroatoms. The second kappa shape index (κ2) is 36.9. The van der Waals surface area contributed by atoms with Crippen molar-refractivity contribution in [3.63, 3.8) is 0 Å². The van der Waals surface area contributed by atoms with Crippen molar-refractivity contribution in [3.8, 4) is 0 Å². The molecule has 6 N–H and O–H groups in total. The SMILES string of the molecule is CC/C=C\C/C=C\C/C=C\C/C=C\C/C=C\C/C=C\CCC(=O)NC(COC1OC(CO)C(O)C(O)C1O)C(O)CCCCCCCCCCCCCCCC. The van der Waals surface area contributed by atoms with Crippen molar-refractivity contribution in [1.82, 2.24) is 5.32 Å². The number of carbonyl (C=O) groups excluding carboxylic acids is 1. The highest BCUT2D eigenvalue weighted by atomic mass is 16.7. The molecule has 9 nitrogen and oxygen atoms in total. The van der Waals surface area contributed by atoms with Crippen molar-refractivity contribution in [2.24, 2.45) is 0 Å². The highest BCUT2D eigenvalue weighted by Crippen LogP contribution is 2.23. The van der Waals surface area contributed by atoms with Gasteiger partial charge in [-0.15, -0.1) is 0 Å². The van der Waals surface area contributed by atoms with E-state index < -0.39 is 49.5 Å². The van der Waals surface area contributed by atoms with Crippen LogP contribution >= 0.6 is 0 Å². The molecule has 7 atom stereocenters. The fourth-order valence-corrected chi connectivity index (χ4v) is 6.53. The summed E-state index contributed by atoms with van der Waals surface area (Å²) >= 11 is 0. The molecule has 1 fully saturated rings. The highest BCUT2D eigenvalue weighted by Gasteiger charge is 2.44. The van der Waals surface area contributed by atoms with E-state index in [9.17, 15) is 30.3 Å². The van der Waals surface area contributed by atoms with Crippen LogP contribution in [0.25, 0.3) is 0 Å². The Morgan fingerprint density at radius 1 is 0.625 bits per heavy atom. The number of nitrogens with one attached hydrogen (secondary N) is 1. The van der Waals surface area contributed by atoms with E-state index in [1.807, 2.05) is 12.2 Å². The maximum atomic E-state index is 12.9. The van der Waals surface area contributed by atoms with E-state index in [1.54, 1.807) is 0 Å². The van der Waals surface area contributed by atoms with Gasteiger partial charge in [-0.2, -0.15) is 0 Å². The van der Waals surface area contributed by atoms with E-state index in [2.05, 4.69) is 79.9 Å². The summed E-state index contributed by atoms with van der Waals surface area (Å²) < 4.78 is 11.2. The van der Waals surface area contributed by atoms with Crippen LogP contribution in [0.5, 0.6) is 0 Å². The second-order valence-corrected chi connectivity index (χ2v) is 15.1. The van der Waals surface area contributed by atoms with Gasteiger partial charge in [0.25, 0.3) is 0 Å². The molecular formula is C47H81NO8. The van der Waals surface area contributed by atoms with Crippen molar-refractivity contribution in [3.05, 3.63) is 72.9 Å². The summed E-state index contributed by atoms with van der Waals surface area (Å²) in [7, 11) is 0. The predicted octanol–water partition coefficient (Wildman–Crippen LogP) is 9.00. The summed E-state index contributed by atoms with van der Waals surface area (Å²) in [6.45, 7) is 3.65. The van der Waals surface area contributed by atoms with E-state index in [1.165, 1.54) is 70.6 Å². The molecule has 0 aromatic rings. The molecular weight excluding hydrogens is 707 g/mol. The molecule has 0 spiro atoms. The number of amides is 1. The molecule has 0 aromatic carbocycles. The van der Waals surface area contributed by atoms with Gasteiger partial charge in [0, 0.05) is 6.42 Å². The zero-order valence-electron chi connectivity index (χ0n) is 35.1. The summed E-state index contributed by atoms with van der Waals surface area (Å²) in [6, 6.07) is -0.762. The summed E-state index contributed by atoms with van der Waals surface area (Å²) in [6.07, 6.45) is 42.0. The van der Waals surface area contributed by atoms with Gasteiger partial charge in [0.15, 0.2) is 6.29 Å². The van der Waals surface area contributed by atoms with Crippen LogP contribution in [0.4, 0.5) is 0 Å². The minimum Gasteiger partial charge on any atom is -0.394 e. The first kappa shape index (κ1) is 51.6. The quantitative estimate of drug-likeness (QED) is 0.0276. The molecule has 1 aliphatic heterocycles. The fraction of sp³-hybridized carbons (Fsp3) is 0.723. The van der Waals surface area contributed by atoms with Crippen LogP contribution in [0.3, 0.4) is 0 Å². The number of hydrogen-bond acceptors (Lipinski definition) is 8. The number of aliphatic hydroxyl groups excluding tert-OH is 5. The number of ether oxygens (including phenoxy) is 2. The van der Waals surface area contributed by atoms with Crippen LogP contribution in [0.15, 0.2) is 72.9 Å². The first-order chi connectivity index (χ1) is 27.3. The van der Waals surface area contributed by atoms with Gasteiger partial charge >= 0.3 is 0 Å². The molecule has 322 valence electrons. The molecule has 0 bridgehead atoms. The highest BCUT2D eigenvalue weighted by molar-refractivity contribution is 5.76. The molecule has 1 heterocycles. The molecule has 56 heavy (non-hydrogen) atoms. The third-order valence-corrected chi connectivity index (χ3v) is 10.1. The standard InChI is InChI=1S/C47H81NO8/c1-3-5-7-9-11-13-15-17-19-20-21-22-23-25-27-29-31-33-35-37-43(51)48-40(39-55-47-46(54)45(53)44(52)42(38-49)56-47)41(50)36-34-32-30-28-26-24-18-16-14-12-10-8-6-4-2/h5,7,11,13,17,19,21-22,25,27,31,33,40-42,44-47,49-50,52-54H,3-4,6,8-10,12,14-16,18,20,23-24,26,28-30,32,34-39H2,1-2H3,(H,48,51)/b7-5-,13-11-,19-17-,22-21-,27-25-,33-31-. The number of aliphatic hydroxyl groups is 5. The molecule has 1 saturated heterocycles. The first-order valence-electron chi connectivity index (χ1n) is 22.1. The first-order valence-corrected chi connectivity index (χ1v) is 22.1. The normalized spacial score (nSPS) is 21.9. The number of allylic oxidation sites excluding steroid dienone is 12. The third-order valence-electron chi connectivity index (χ3n) is 10.1. The van der Waals surface area contributed by atoms with Gasteiger partial charge < -0.3 is 40.3 Å². The lowest BCUT2D eigenvalue weighted by atomic mass is 9.99. The number of rotatable bonds is 35. The van der Waals surface area contributed by atoms with Crippen LogP contribution < -0.4 is 5.32 Å². The Morgan fingerprint density at radius 2 is 1.07 bits per heavy atom. The minimum atomic E-state index is -1.57. The van der Waals surface area contributed by atoms with Crippen molar-refractivity contribution in [2.75, 3.05) is 13.2 Å². The Balaban J connectivity index is 2.42. The smallest absolute Gasteiger partial charge is 0.220 e. The van der Waals surface area contributed by atoms with Gasteiger partial charge in [0.05, 0.1) is 25.4 Å².